The number of rotatable bonds is 4. The minimum absolute atomic E-state index is 0.0911. The summed E-state index contributed by atoms with van der Waals surface area (Å²) >= 11 is 0. The first-order chi connectivity index (χ1) is 8.61. The van der Waals surface area contributed by atoms with Gasteiger partial charge in [-0.25, -0.2) is 0 Å². The van der Waals surface area contributed by atoms with Gasteiger partial charge >= 0.3 is 0 Å². The molecule has 4 nitrogen and oxygen atoms in total. The fourth-order valence-electron chi connectivity index (χ4n) is 2.08. The summed E-state index contributed by atoms with van der Waals surface area (Å²) in [7, 11) is 3.60. The van der Waals surface area contributed by atoms with Crippen molar-refractivity contribution >= 4 is 0 Å². The molecule has 0 amide bonds. The van der Waals surface area contributed by atoms with E-state index in [2.05, 4.69) is 5.10 Å². The lowest BCUT2D eigenvalue weighted by atomic mass is 10.0. The van der Waals surface area contributed by atoms with E-state index in [-0.39, 0.29) is 6.04 Å². The predicted molar refractivity (Wildman–Crippen MR) is 72.5 cm³/mol. The minimum atomic E-state index is 0.0911. The highest BCUT2D eigenvalue weighted by Crippen LogP contribution is 2.31. The molecule has 1 heterocycles. The first-order valence-electron chi connectivity index (χ1n) is 6.03. The summed E-state index contributed by atoms with van der Waals surface area (Å²) in [5.41, 5.74) is 9.03. The number of nitrogens with zero attached hydrogens (tertiary/aromatic N) is 2. The summed E-state index contributed by atoms with van der Waals surface area (Å²) in [4.78, 5) is 0. The molecule has 0 saturated carbocycles. The van der Waals surface area contributed by atoms with E-state index in [1.54, 1.807) is 7.11 Å². The molecule has 18 heavy (non-hydrogen) atoms. The summed E-state index contributed by atoms with van der Waals surface area (Å²) in [5, 5.41) is 4.48. The van der Waals surface area contributed by atoms with Crippen LogP contribution in [0.1, 0.15) is 12.6 Å². The molecule has 0 aliphatic carbocycles. The van der Waals surface area contributed by atoms with Crippen molar-refractivity contribution in [1.29, 1.82) is 0 Å². The normalized spacial score (nSPS) is 12.4. The van der Waals surface area contributed by atoms with Gasteiger partial charge in [-0.05, 0) is 13.0 Å². The van der Waals surface area contributed by atoms with Gasteiger partial charge in [0.05, 0.1) is 12.8 Å². The molecule has 1 aromatic heterocycles. The van der Waals surface area contributed by atoms with Crippen molar-refractivity contribution < 1.29 is 4.74 Å². The van der Waals surface area contributed by atoms with Crippen molar-refractivity contribution in [1.82, 2.24) is 9.78 Å². The van der Waals surface area contributed by atoms with Crippen LogP contribution in [-0.2, 0) is 13.5 Å². The van der Waals surface area contributed by atoms with E-state index in [4.69, 9.17) is 10.5 Å². The highest BCUT2D eigenvalue weighted by atomic mass is 16.5. The van der Waals surface area contributed by atoms with Gasteiger partial charge in [0.2, 0.25) is 0 Å². The van der Waals surface area contributed by atoms with Crippen molar-refractivity contribution in [2.75, 3.05) is 7.11 Å². The molecule has 2 N–H and O–H groups in total. The Morgan fingerprint density at radius 2 is 2.06 bits per heavy atom. The Hall–Kier alpha value is -1.81. The average Bonchev–Trinajstić information content (AvgIpc) is 2.69. The topological polar surface area (TPSA) is 53.1 Å². The maximum absolute atomic E-state index is 5.87. The van der Waals surface area contributed by atoms with Crippen LogP contribution in [-0.4, -0.2) is 22.9 Å². The monoisotopic (exact) mass is 245 g/mol. The van der Waals surface area contributed by atoms with Crippen LogP contribution in [0.25, 0.3) is 11.1 Å². The second-order valence-electron chi connectivity index (χ2n) is 4.54. The molecule has 0 radical (unpaired) electrons. The second kappa shape index (κ2) is 5.23. The molecule has 1 atom stereocenters. The summed E-state index contributed by atoms with van der Waals surface area (Å²) in [6, 6.07) is 8.05. The number of methoxy groups -OCH3 is 1. The van der Waals surface area contributed by atoms with Crippen molar-refractivity contribution in [3.05, 3.63) is 36.2 Å². The largest absolute Gasteiger partial charge is 0.496 e. The van der Waals surface area contributed by atoms with Gasteiger partial charge < -0.3 is 10.5 Å². The quantitative estimate of drug-likeness (QED) is 0.896. The molecular weight excluding hydrogens is 226 g/mol. The third-order valence-corrected chi connectivity index (χ3v) is 2.82. The SMILES string of the molecule is COc1ccccc1-c1cn(C)nc1CC(C)N. The van der Waals surface area contributed by atoms with E-state index in [1.807, 2.05) is 49.1 Å². The number of benzene rings is 1. The summed E-state index contributed by atoms with van der Waals surface area (Å²) < 4.78 is 7.22. The number of aromatic nitrogens is 2. The zero-order chi connectivity index (χ0) is 13.1. The molecule has 1 unspecified atom stereocenters. The Morgan fingerprint density at radius 1 is 1.33 bits per heavy atom. The van der Waals surface area contributed by atoms with Crippen LogP contribution in [0.3, 0.4) is 0 Å². The number of aryl methyl sites for hydroxylation is 1. The third kappa shape index (κ3) is 2.54. The third-order valence-electron chi connectivity index (χ3n) is 2.82. The summed E-state index contributed by atoms with van der Waals surface area (Å²) in [6.07, 6.45) is 2.77. The first kappa shape index (κ1) is 12.6. The zero-order valence-corrected chi connectivity index (χ0v) is 11.1. The van der Waals surface area contributed by atoms with Gasteiger partial charge in [-0.15, -0.1) is 0 Å². The molecule has 1 aromatic carbocycles. The lowest BCUT2D eigenvalue weighted by Crippen LogP contribution is -2.18. The van der Waals surface area contributed by atoms with Crippen LogP contribution in [0.2, 0.25) is 0 Å². The Balaban J connectivity index is 2.49. The van der Waals surface area contributed by atoms with Crippen molar-refractivity contribution in [3.8, 4) is 16.9 Å². The lowest BCUT2D eigenvalue weighted by Gasteiger charge is -2.09. The average molecular weight is 245 g/mol. The molecule has 0 fully saturated rings. The summed E-state index contributed by atoms with van der Waals surface area (Å²) in [6.45, 7) is 1.99. The molecule has 2 rings (SSSR count). The molecule has 0 bridgehead atoms. The highest BCUT2D eigenvalue weighted by molar-refractivity contribution is 5.72. The molecule has 96 valence electrons. The van der Waals surface area contributed by atoms with Crippen LogP contribution < -0.4 is 10.5 Å². The number of hydrogen-bond donors (Lipinski definition) is 1. The van der Waals surface area contributed by atoms with Gasteiger partial charge in [-0.1, -0.05) is 18.2 Å². The molecule has 0 aliphatic heterocycles. The number of hydrogen-bond acceptors (Lipinski definition) is 3. The highest BCUT2D eigenvalue weighted by Gasteiger charge is 2.14. The van der Waals surface area contributed by atoms with Crippen molar-refractivity contribution in [3.63, 3.8) is 0 Å². The Kier molecular flexibility index (Phi) is 3.67. The molecule has 2 aromatic rings. The molecule has 0 aliphatic rings. The fourth-order valence-corrected chi connectivity index (χ4v) is 2.08. The smallest absolute Gasteiger partial charge is 0.126 e. The molecule has 4 heteroatoms. The van der Waals surface area contributed by atoms with Crippen LogP contribution in [0, 0.1) is 0 Å². The van der Waals surface area contributed by atoms with Crippen LogP contribution >= 0.6 is 0 Å². The Labute approximate surface area is 107 Å². The van der Waals surface area contributed by atoms with Gasteiger partial charge in [0.25, 0.3) is 0 Å². The van der Waals surface area contributed by atoms with Gasteiger partial charge in [0.15, 0.2) is 0 Å². The summed E-state index contributed by atoms with van der Waals surface area (Å²) in [5.74, 6) is 0.858. The lowest BCUT2D eigenvalue weighted by molar-refractivity contribution is 0.416. The fraction of sp³-hybridized carbons (Fsp3) is 0.357. The second-order valence-corrected chi connectivity index (χ2v) is 4.54. The van der Waals surface area contributed by atoms with E-state index in [0.29, 0.717) is 0 Å². The minimum Gasteiger partial charge on any atom is -0.496 e. The van der Waals surface area contributed by atoms with E-state index in [9.17, 15) is 0 Å². The van der Waals surface area contributed by atoms with E-state index >= 15 is 0 Å². The number of para-hydroxylation sites is 1. The van der Waals surface area contributed by atoms with Gasteiger partial charge in [-0.2, -0.15) is 5.10 Å². The van der Waals surface area contributed by atoms with Gasteiger partial charge in [0, 0.05) is 36.8 Å². The van der Waals surface area contributed by atoms with E-state index in [0.717, 1.165) is 29.0 Å². The van der Waals surface area contributed by atoms with Crippen LogP contribution in [0.5, 0.6) is 5.75 Å². The van der Waals surface area contributed by atoms with Crippen molar-refractivity contribution in [2.24, 2.45) is 12.8 Å². The van der Waals surface area contributed by atoms with Crippen LogP contribution in [0.15, 0.2) is 30.5 Å². The van der Waals surface area contributed by atoms with E-state index < -0.39 is 0 Å². The predicted octanol–water partition coefficient (Wildman–Crippen LogP) is 1.99. The Morgan fingerprint density at radius 3 is 2.72 bits per heavy atom. The van der Waals surface area contributed by atoms with Crippen molar-refractivity contribution in [2.45, 2.75) is 19.4 Å². The first-order valence-corrected chi connectivity index (χ1v) is 6.03. The van der Waals surface area contributed by atoms with E-state index in [1.165, 1.54) is 0 Å². The molecule has 0 spiro atoms. The molecular formula is C14H19N3O. The van der Waals surface area contributed by atoms with Gasteiger partial charge in [0.1, 0.15) is 5.75 Å². The number of ether oxygens (including phenoxy) is 1. The Bertz CT molecular complexity index is 532. The standard InChI is InChI=1S/C14H19N3O/c1-10(15)8-13-12(9-17(2)16-13)11-6-4-5-7-14(11)18-3/h4-7,9-10H,8,15H2,1-3H3. The number of nitrogens with two attached hydrogens (primary N) is 1. The van der Waals surface area contributed by atoms with Gasteiger partial charge in [-0.3, -0.25) is 4.68 Å². The maximum atomic E-state index is 5.87. The molecule has 0 saturated heterocycles. The maximum Gasteiger partial charge on any atom is 0.126 e. The van der Waals surface area contributed by atoms with Crippen LogP contribution in [0.4, 0.5) is 0 Å². The zero-order valence-electron chi connectivity index (χ0n) is 11.1.